The van der Waals surface area contributed by atoms with E-state index in [1.165, 1.54) is 0 Å². The van der Waals surface area contributed by atoms with E-state index in [9.17, 15) is 19.8 Å². The van der Waals surface area contributed by atoms with Crippen LogP contribution in [0.25, 0.3) is 0 Å². The molecular formula is C33H57NO7. The summed E-state index contributed by atoms with van der Waals surface area (Å²) in [5, 5.41) is 23.9. The van der Waals surface area contributed by atoms with Crippen LogP contribution in [0, 0.1) is 23.7 Å². The summed E-state index contributed by atoms with van der Waals surface area (Å²) in [6.07, 6.45) is 0.341. The first kappa shape index (κ1) is 36.7. The molecule has 8 heteroatoms. The van der Waals surface area contributed by atoms with Crippen molar-refractivity contribution in [3.8, 4) is 5.75 Å². The van der Waals surface area contributed by atoms with Crippen LogP contribution < -0.4 is 10.1 Å². The highest BCUT2D eigenvalue weighted by Crippen LogP contribution is 2.34. The lowest BCUT2D eigenvalue weighted by Gasteiger charge is -2.33. The van der Waals surface area contributed by atoms with E-state index in [1.807, 2.05) is 13.8 Å². The average Bonchev–Trinajstić information content (AvgIpc) is 2.81. The quantitative estimate of drug-likeness (QED) is 0.189. The molecule has 0 fully saturated rings. The molecule has 0 unspecified atom stereocenters. The van der Waals surface area contributed by atoms with Gasteiger partial charge in [-0.25, -0.2) is 4.79 Å². The van der Waals surface area contributed by atoms with Crippen molar-refractivity contribution in [3.05, 3.63) is 29.3 Å². The molecule has 8 nitrogen and oxygen atoms in total. The molecule has 0 aliphatic carbocycles. The maximum absolute atomic E-state index is 12.8. The molecule has 0 spiro atoms. The van der Waals surface area contributed by atoms with Crippen LogP contribution in [0.5, 0.6) is 5.75 Å². The fourth-order valence-corrected chi connectivity index (χ4v) is 4.89. The summed E-state index contributed by atoms with van der Waals surface area (Å²) in [5.74, 6) is -0.652. The smallest absolute Gasteiger partial charge is 0.407 e. The number of amides is 1. The molecule has 236 valence electrons. The molecule has 0 aliphatic rings. The molecule has 0 radical (unpaired) electrons. The first-order chi connectivity index (χ1) is 18.9. The SMILES string of the molecule is COCCCOc1cc(C[C@@H](C[C@H](NC(=O)OC(C)(C)C)[C@@H](O)C[C@H](C(=O)O)C(C)C)C(C)C)ccc1C(C)(C)C. The van der Waals surface area contributed by atoms with Gasteiger partial charge in [-0.1, -0.05) is 60.6 Å². The Kier molecular flexibility index (Phi) is 14.6. The van der Waals surface area contributed by atoms with Crippen LogP contribution in [-0.4, -0.2) is 60.3 Å². The van der Waals surface area contributed by atoms with E-state index < -0.39 is 35.7 Å². The van der Waals surface area contributed by atoms with Crippen molar-refractivity contribution < 1.29 is 34.0 Å². The molecule has 0 saturated carbocycles. The van der Waals surface area contributed by atoms with Crippen LogP contribution in [-0.2, 0) is 26.1 Å². The molecule has 3 N–H and O–H groups in total. The number of carboxylic acid groups (broad SMARTS) is 1. The number of carbonyl (C=O) groups is 2. The van der Waals surface area contributed by atoms with Crippen LogP contribution in [0.15, 0.2) is 18.2 Å². The number of ether oxygens (including phenoxy) is 3. The lowest BCUT2D eigenvalue weighted by molar-refractivity contribution is -0.144. The molecule has 0 bridgehead atoms. The third-order valence-electron chi connectivity index (χ3n) is 7.39. The molecule has 0 saturated heterocycles. The highest BCUT2D eigenvalue weighted by atomic mass is 16.6. The number of benzene rings is 1. The number of aliphatic hydroxyl groups is 1. The normalized spacial score (nSPS) is 15.4. The van der Waals surface area contributed by atoms with Crippen LogP contribution in [0.3, 0.4) is 0 Å². The van der Waals surface area contributed by atoms with Crippen molar-refractivity contribution in [2.24, 2.45) is 23.7 Å². The predicted molar refractivity (Wildman–Crippen MR) is 164 cm³/mol. The number of nitrogens with one attached hydrogen (secondary N) is 1. The molecule has 0 aliphatic heterocycles. The Morgan fingerprint density at radius 2 is 1.59 bits per heavy atom. The minimum absolute atomic E-state index is 0.0397. The second-order valence-electron chi connectivity index (χ2n) is 14.0. The van der Waals surface area contributed by atoms with Gasteiger partial charge in [0.05, 0.1) is 24.7 Å². The van der Waals surface area contributed by atoms with Gasteiger partial charge in [0.15, 0.2) is 0 Å². The molecule has 0 heterocycles. The minimum Gasteiger partial charge on any atom is -0.493 e. The van der Waals surface area contributed by atoms with Gasteiger partial charge >= 0.3 is 12.1 Å². The Bertz CT molecular complexity index is 946. The van der Waals surface area contributed by atoms with Gasteiger partial charge in [0.1, 0.15) is 11.4 Å². The van der Waals surface area contributed by atoms with Gasteiger partial charge in [0.25, 0.3) is 0 Å². The second kappa shape index (κ2) is 16.4. The van der Waals surface area contributed by atoms with Crippen molar-refractivity contribution in [2.75, 3.05) is 20.3 Å². The van der Waals surface area contributed by atoms with E-state index in [-0.39, 0.29) is 29.6 Å². The number of aliphatic hydroxyl groups excluding tert-OH is 1. The van der Waals surface area contributed by atoms with E-state index in [4.69, 9.17) is 14.2 Å². The topological polar surface area (TPSA) is 114 Å². The summed E-state index contributed by atoms with van der Waals surface area (Å²) in [5.41, 5.74) is 1.45. The maximum atomic E-state index is 12.8. The average molecular weight is 580 g/mol. The first-order valence-electron chi connectivity index (χ1n) is 15.0. The summed E-state index contributed by atoms with van der Waals surface area (Å²) in [6.45, 7) is 20.9. The van der Waals surface area contributed by atoms with E-state index >= 15 is 0 Å². The Hall–Kier alpha value is -2.32. The number of aliphatic carboxylic acids is 1. The monoisotopic (exact) mass is 579 g/mol. The van der Waals surface area contributed by atoms with E-state index in [1.54, 1.807) is 27.9 Å². The number of hydrogen-bond donors (Lipinski definition) is 3. The number of alkyl carbamates (subject to hydrolysis) is 1. The van der Waals surface area contributed by atoms with Gasteiger partial charge in [0, 0.05) is 20.1 Å². The number of rotatable bonds is 16. The molecule has 1 amide bonds. The molecule has 0 aromatic heterocycles. The molecular weight excluding hydrogens is 522 g/mol. The minimum atomic E-state index is -1.05. The Morgan fingerprint density at radius 1 is 0.951 bits per heavy atom. The number of methoxy groups -OCH3 is 1. The van der Waals surface area contributed by atoms with Gasteiger partial charge in [-0.15, -0.1) is 0 Å². The molecule has 1 rings (SSSR count). The standard InChI is InChI=1S/C33H57NO7/c1-21(2)24(17-23-13-14-26(32(5,6)7)29(18-23)40-16-12-15-39-11)19-27(34-31(38)41-33(8,9)10)28(35)20-25(22(3)4)30(36)37/h13-14,18,21-22,24-25,27-28,35H,12,15-17,19-20H2,1-11H3,(H,34,38)(H,36,37)/t24-,25-,27-,28-/m0/s1. The van der Waals surface area contributed by atoms with Crippen molar-refractivity contribution in [3.63, 3.8) is 0 Å². The summed E-state index contributed by atoms with van der Waals surface area (Å²) < 4.78 is 16.9. The largest absolute Gasteiger partial charge is 0.493 e. The van der Waals surface area contributed by atoms with Gasteiger partial charge < -0.3 is 29.7 Å². The molecule has 41 heavy (non-hydrogen) atoms. The van der Waals surface area contributed by atoms with Gasteiger partial charge in [-0.3, -0.25) is 4.79 Å². The highest BCUT2D eigenvalue weighted by molar-refractivity contribution is 5.70. The Morgan fingerprint density at radius 3 is 2.07 bits per heavy atom. The summed E-state index contributed by atoms with van der Waals surface area (Å²) >= 11 is 0. The number of carbonyl (C=O) groups excluding carboxylic acids is 1. The predicted octanol–water partition coefficient (Wildman–Crippen LogP) is 6.61. The van der Waals surface area contributed by atoms with E-state index in [0.717, 1.165) is 23.3 Å². The van der Waals surface area contributed by atoms with Gasteiger partial charge in [-0.05, 0) is 80.4 Å². The summed E-state index contributed by atoms with van der Waals surface area (Å²) in [7, 11) is 1.68. The van der Waals surface area contributed by atoms with Crippen molar-refractivity contribution >= 4 is 12.1 Å². The molecule has 4 atom stereocenters. The zero-order valence-electron chi connectivity index (χ0n) is 27.4. The van der Waals surface area contributed by atoms with Gasteiger partial charge in [-0.2, -0.15) is 0 Å². The third kappa shape index (κ3) is 13.5. The fourth-order valence-electron chi connectivity index (χ4n) is 4.89. The molecule has 1 aromatic carbocycles. The Balaban J connectivity index is 3.28. The lowest BCUT2D eigenvalue weighted by atomic mass is 9.80. The van der Waals surface area contributed by atoms with Crippen LogP contribution in [0.2, 0.25) is 0 Å². The fraction of sp³-hybridized carbons (Fsp3) is 0.758. The summed E-state index contributed by atoms with van der Waals surface area (Å²) in [6, 6.07) is 5.69. The van der Waals surface area contributed by atoms with Crippen molar-refractivity contribution in [1.29, 1.82) is 0 Å². The Labute approximate surface area is 248 Å². The summed E-state index contributed by atoms with van der Waals surface area (Å²) in [4.78, 5) is 24.7. The number of hydrogen-bond acceptors (Lipinski definition) is 6. The van der Waals surface area contributed by atoms with Crippen LogP contribution >= 0.6 is 0 Å². The van der Waals surface area contributed by atoms with E-state index in [2.05, 4.69) is 58.1 Å². The van der Waals surface area contributed by atoms with Crippen molar-refractivity contribution in [2.45, 2.75) is 118 Å². The first-order valence-corrected chi connectivity index (χ1v) is 15.0. The zero-order chi connectivity index (χ0) is 31.5. The zero-order valence-corrected chi connectivity index (χ0v) is 27.4. The van der Waals surface area contributed by atoms with Crippen molar-refractivity contribution in [1.82, 2.24) is 5.32 Å². The van der Waals surface area contributed by atoms with Gasteiger partial charge in [0.2, 0.25) is 0 Å². The molecule has 1 aromatic rings. The highest BCUT2D eigenvalue weighted by Gasteiger charge is 2.33. The van der Waals surface area contributed by atoms with Crippen LogP contribution in [0.1, 0.15) is 99.6 Å². The lowest BCUT2D eigenvalue weighted by Crippen LogP contribution is -2.48. The van der Waals surface area contributed by atoms with E-state index in [0.29, 0.717) is 26.1 Å². The van der Waals surface area contributed by atoms with Crippen LogP contribution in [0.4, 0.5) is 4.79 Å². The number of carboxylic acids is 1. The third-order valence-corrected chi connectivity index (χ3v) is 7.39. The maximum Gasteiger partial charge on any atom is 0.407 e. The second-order valence-corrected chi connectivity index (χ2v) is 14.0.